The average molecular weight is 221 g/mol. The van der Waals surface area contributed by atoms with E-state index in [9.17, 15) is 0 Å². The summed E-state index contributed by atoms with van der Waals surface area (Å²) in [5.41, 5.74) is 1.18. The maximum absolute atomic E-state index is 4.00. The number of aromatic nitrogens is 2. The van der Waals surface area contributed by atoms with Crippen LogP contribution in [0.5, 0.6) is 0 Å². The van der Waals surface area contributed by atoms with E-state index in [1.54, 1.807) is 6.33 Å². The predicted molar refractivity (Wildman–Crippen MR) is 66.1 cm³/mol. The zero-order valence-electron chi connectivity index (χ0n) is 10.0. The second-order valence-electron chi connectivity index (χ2n) is 4.90. The molecule has 1 aromatic rings. The predicted octanol–water partition coefficient (Wildman–Crippen LogP) is 2.86. The van der Waals surface area contributed by atoms with E-state index in [0.29, 0.717) is 0 Å². The smallest absolute Gasteiger partial charge is 0.0922 e. The highest BCUT2D eigenvalue weighted by atomic mass is 14.9. The lowest BCUT2D eigenvalue weighted by Gasteiger charge is -2.21. The highest BCUT2D eigenvalue weighted by Crippen LogP contribution is 2.26. The third kappa shape index (κ3) is 3.97. The van der Waals surface area contributed by atoms with Crippen LogP contribution >= 0.6 is 0 Å². The molecule has 3 nitrogen and oxygen atoms in total. The zero-order chi connectivity index (χ0) is 11.1. The van der Waals surface area contributed by atoms with E-state index in [-0.39, 0.29) is 0 Å². The fourth-order valence-electron chi connectivity index (χ4n) is 2.60. The van der Waals surface area contributed by atoms with Crippen molar-refractivity contribution in [3.8, 4) is 0 Å². The molecule has 16 heavy (non-hydrogen) atoms. The average Bonchev–Trinajstić information content (AvgIpc) is 2.83. The SMILES string of the molecule is c1ncc(CNCCCC2CCCCC2)[nH]1. The first kappa shape index (κ1) is 11.6. The second kappa shape index (κ2) is 6.69. The van der Waals surface area contributed by atoms with Gasteiger partial charge in [-0.1, -0.05) is 32.1 Å². The number of hydrogen-bond acceptors (Lipinski definition) is 2. The van der Waals surface area contributed by atoms with Crippen molar-refractivity contribution in [1.82, 2.24) is 15.3 Å². The molecule has 2 N–H and O–H groups in total. The van der Waals surface area contributed by atoms with Crippen LogP contribution < -0.4 is 5.32 Å². The summed E-state index contributed by atoms with van der Waals surface area (Å²) in [5.74, 6) is 1.02. The highest BCUT2D eigenvalue weighted by Gasteiger charge is 2.12. The van der Waals surface area contributed by atoms with Crippen LogP contribution in [0.25, 0.3) is 0 Å². The normalized spacial score (nSPS) is 17.8. The summed E-state index contributed by atoms with van der Waals surface area (Å²) in [6.45, 7) is 2.06. The van der Waals surface area contributed by atoms with Crippen molar-refractivity contribution in [3.05, 3.63) is 18.2 Å². The minimum atomic E-state index is 0.921. The minimum Gasteiger partial charge on any atom is -0.347 e. The largest absolute Gasteiger partial charge is 0.347 e. The maximum atomic E-state index is 4.00. The first-order valence-electron chi connectivity index (χ1n) is 6.63. The number of nitrogens with zero attached hydrogens (tertiary/aromatic N) is 1. The van der Waals surface area contributed by atoms with Crippen molar-refractivity contribution < 1.29 is 0 Å². The number of aromatic amines is 1. The van der Waals surface area contributed by atoms with Gasteiger partial charge in [0.25, 0.3) is 0 Å². The van der Waals surface area contributed by atoms with E-state index in [2.05, 4.69) is 15.3 Å². The lowest BCUT2D eigenvalue weighted by molar-refractivity contribution is 0.330. The summed E-state index contributed by atoms with van der Waals surface area (Å²) in [6.07, 6.45) is 13.7. The number of rotatable bonds is 6. The van der Waals surface area contributed by atoms with E-state index >= 15 is 0 Å². The van der Waals surface area contributed by atoms with Gasteiger partial charge in [0.05, 0.1) is 6.33 Å². The first-order chi connectivity index (χ1) is 7.95. The van der Waals surface area contributed by atoms with Crippen LogP contribution in [0.3, 0.4) is 0 Å². The van der Waals surface area contributed by atoms with Gasteiger partial charge in [-0.15, -0.1) is 0 Å². The fraction of sp³-hybridized carbons (Fsp3) is 0.769. The van der Waals surface area contributed by atoms with Crippen LogP contribution in [-0.4, -0.2) is 16.5 Å². The van der Waals surface area contributed by atoms with Crippen LogP contribution in [0.2, 0.25) is 0 Å². The molecule has 2 rings (SSSR count). The van der Waals surface area contributed by atoms with E-state index in [1.165, 1.54) is 50.6 Å². The molecule has 0 aliphatic heterocycles. The van der Waals surface area contributed by atoms with E-state index in [4.69, 9.17) is 0 Å². The monoisotopic (exact) mass is 221 g/mol. The Labute approximate surface area is 98.1 Å². The first-order valence-corrected chi connectivity index (χ1v) is 6.63. The zero-order valence-corrected chi connectivity index (χ0v) is 10.0. The summed E-state index contributed by atoms with van der Waals surface area (Å²) in [5, 5.41) is 3.46. The lowest BCUT2D eigenvalue weighted by Crippen LogP contribution is -2.16. The van der Waals surface area contributed by atoms with Crippen LogP contribution in [0.4, 0.5) is 0 Å². The van der Waals surface area contributed by atoms with Gasteiger partial charge in [0.2, 0.25) is 0 Å². The Morgan fingerprint density at radius 2 is 2.19 bits per heavy atom. The molecular formula is C13H23N3. The highest BCUT2D eigenvalue weighted by molar-refractivity contribution is 4.92. The molecule has 90 valence electrons. The van der Waals surface area contributed by atoms with Crippen molar-refractivity contribution in [2.45, 2.75) is 51.5 Å². The third-order valence-corrected chi connectivity index (χ3v) is 3.56. The Morgan fingerprint density at radius 1 is 1.31 bits per heavy atom. The van der Waals surface area contributed by atoms with Crippen molar-refractivity contribution >= 4 is 0 Å². The molecule has 0 unspecified atom stereocenters. The summed E-state index contributed by atoms with van der Waals surface area (Å²) < 4.78 is 0. The van der Waals surface area contributed by atoms with Crippen molar-refractivity contribution in [2.75, 3.05) is 6.54 Å². The van der Waals surface area contributed by atoms with Gasteiger partial charge in [0.1, 0.15) is 0 Å². The molecule has 0 saturated heterocycles. The molecular weight excluding hydrogens is 198 g/mol. The van der Waals surface area contributed by atoms with Crippen LogP contribution in [0.1, 0.15) is 50.6 Å². The number of hydrogen-bond donors (Lipinski definition) is 2. The summed E-state index contributed by atoms with van der Waals surface area (Å²) in [4.78, 5) is 7.10. The minimum absolute atomic E-state index is 0.921. The van der Waals surface area contributed by atoms with Crippen molar-refractivity contribution in [2.24, 2.45) is 5.92 Å². The van der Waals surface area contributed by atoms with Crippen LogP contribution in [0, 0.1) is 5.92 Å². The number of nitrogens with one attached hydrogen (secondary N) is 2. The van der Waals surface area contributed by atoms with E-state index in [0.717, 1.165) is 19.0 Å². The summed E-state index contributed by atoms with van der Waals surface area (Å²) in [6, 6.07) is 0. The molecule has 1 heterocycles. The Morgan fingerprint density at radius 3 is 2.94 bits per heavy atom. The summed E-state index contributed by atoms with van der Waals surface area (Å²) >= 11 is 0. The Hall–Kier alpha value is -0.830. The number of imidazole rings is 1. The van der Waals surface area contributed by atoms with Crippen LogP contribution in [-0.2, 0) is 6.54 Å². The van der Waals surface area contributed by atoms with Gasteiger partial charge in [-0.3, -0.25) is 0 Å². The molecule has 3 heteroatoms. The topological polar surface area (TPSA) is 40.7 Å². The standard InChI is InChI=1S/C13H23N3/c1-2-5-12(6-3-1)7-4-8-14-9-13-10-15-11-16-13/h10-12,14H,1-9H2,(H,15,16). The van der Waals surface area contributed by atoms with Crippen molar-refractivity contribution in [3.63, 3.8) is 0 Å². The Bertz CT molecular complexity index is 263. The van der Waals surface area contributed by atoms with E-state index < -0.39 is 0 Å². The van der Waals surface area contributed by atoms with Crippen molar-refractivity contribution in [1.29, 1.82) is 0 Å². The molecule has 0 radical (unpaired) electrons. The molecule has 1 aromatic heterocycles. The summed E-state index contributed by atoms with van der Waals surface area (Å²) in [7, 11) is 0. The van der Waals surface area contributed by atoms with Gasteiger partial charge in [0.15, 0.2) is 0 Å². The Kier molecular flexibility index (Phi) is 4.87. The van der Waals surface area contributed by atoms with E-state index in [1.807, 2.05) is 6.20 Å². The molecule has 0 bridgehead atoms. The third-order valence-electron chi connectivity index (χ3n) is 3.56. The fourth-order valence-corrected chi connectivity index (χ4v) is 2.60. The Balaban J connectivity index is 1.48. The molecule has 1 aliphatic carbocycles. The van der Waals surface area contributed by atoms with Gasteiger partial charge in [-0.25, -0.2) is 4.98 Å². The molecule has 1 fully saturated rings. The second-order valence-corrected chi connectivity index (χ2v) is 4.90. The molecule has 0 spiro atoms. The molecule has 0 amide bonds. The van der Waals surface area contributed by atoms with Gasteiger partial charge in [-0.05, 0) is 25.3 Å². The van der Waals surface area contributed by atoms with Gasteiger partial charge in [-0.2, -0.15) is 0 Å². The lowest BCUT2D eigenvalue weighted by atomic mass is 9.86. The molecule has 1 aliphatic rings. The van der Waals surface area contributed by atoms with Gasteiger partial charge < -0.3 is 10.3 Å². The quantitative estimate of drug-likeness (QED) is 0.725. The number of H-pyrrole nitrogens is 1. The molecule has 0 aromatic carbocycles. The molecule has 1 saturated carbocycles. The van der Waals surface area contributed by atoms with Gasteiger partial charge in [0, 0.05) is 18.4 Å². The van der Waals surface area contributed by atoms with Crippen LogP contribution in [0.15, 0.2) is 12.5 Å². The molecule has 0 atom stereocenters. The van der Waals surface area contributed by atoms with Gasteiger partial charge >= 0.3 is 0 Å². The maximum Gasteiger partial charge on any atom is 0.0922 e.